The molecule has 1 aromatic carbocycles. The second kappa shape index (κ2) is 10.4. The quantitative estimate of drug-likeness (QED) is 0.804. The Morgan fingerprint density at radius 2 is 1.79 bits per heavy atom. The molecule has 1 aromatic heterocycles. The lowest BCUT2D eigenvalue weighted by Crippen LogP contribution is -2.53. The second-order valence-corrected chi connectivity index (χ2v) is 7.10. The van der Waals surface area contributed by atoms with Crippen LogP contribution in [-0.4, -0.2) is 54.6 Å². The first-order valence-corrected chi connectivity index (χ1v) is 9.43. The summed E-state index contributed by atoms with van der Waals surface area (Å²) in [5.41, 5.74) is 1.88. The number of nitrogens with one attached hydrogen (secondary N) is 1. The van der Waals surface area contributed by atoms with Gasteiger partial charge in [0, 0.05) is 38.9 Å². The van der Waals surface area contributed by atoms with Crippen molar-refractivity contribution in [2.45, 2.75) is 18.4 Å². The minimum Gasteiger partial charge on any atom is -0.352 e. The van der Waals surface area contributed by atoms with E-state index in [0.29, 0.717) is 37.7 Å². The topological polar surface area (TPSA) is 72.3 Å². The van der Waals surface area contributed by atoms with E-state index >= 15 is 0 Å². The van der Waals surface area contributed by atoms with E-state index in [9.17, 15) is 10.1 Å². The minimum absolute atomic E-state index is 0. The van der Waals surface area contributed by atoms with E-state index in [4.69, 9.17) is 0 Å². The van der Waals surface area contributed by atoms with E-state index in [-0.39, 0.29) is 36.8 Å². The van der Waals surface area contributed by atoms with E-state index in [0.717, 1.165) is 18.8 Å². The van der Waals surface area contributed by atoms with E-state index in [1.807, 2.05) is 11.0 Å². The zero-order valence-electron chi connectivity index (χ0n) is 16.0. The summed E-state index contributed by atoms with van der Waals surface area (Å²) in [5, 5.41) is 12.7. The molecule has 2 aromatic rings. The van der Waals surface area contributed by atoms with Crippen LogP contribution in [0.2, 0.25) is 0 Å². The Morgan fingerprint density at radius 3 is 2.48 bits per heavy atom. The number of nitriles is 1. The maximum Gasteiger partial charge on any atom is 0.239 e. The monoisotopic (exact) mass is 433 g/mol. The molecule has 8 heteroatoms. The third-order valence-corrected chi connectivity index (χ3v) is 5.50. The van der Waals surface area contributed by atoms with Crippen molar-refractivity contribution in [1.82, 2.24) is 15.2 Å². The van der Waals surface area contributed by atoms with Gasteiger partial charge in [0.2, 0.25) is 5.91 Å². The Kier molecular flexibility index (Phi) is 8.27. The van der Waals surface area contributed by atoms with Gasteiger partial charge in [-0.3, -0.25) is 4.79 Å². The molecule has 29 heavy (non-hydrogen) atoms. The summed E-state index contributed by atoms with van der Waals surface area (Å²) < 4.78 is 0. The Labute approximate surface area is 183 Å². The van der Waals surface area contributed by atoms with Crippen molar-refractivity contribution < 1.29 is 4.79 Å². The van der Waals surface area contributed by atoms with Gasteiger partial charge in [-0.25, -0.2) is 4.98 Å². The van der Waals surface area contributed by atoms with Crippen molar-refractivity contribution in [2.24, 2.45) is 0 Å². The highest BCUT2D eigenvalue weighted by molar-refractivity contribution is 5.85. The predicted molar refractivity (Wildman–Crippen MR) is 118 cm³/mol. The van der Waals surface area contributed by atoms with E-state index in [1.54, 1.807) is 18.3 Å². The first kappa shape index (κ1) is 23.0. The number of amides is 1. The predicted octanol–water partition coefficient (Wildman–Crippen LogP) is 2.59. The summed E-state index contributed by atoms with van der Waals surface area (Å²) in [7, 11) is 0. The average Bonchev–Trinajstić information content (AvgIpc) is 3.24. The molecule has 2 aliphatic heterocycles. The minimum atomic E-state index is -0.105. The summed E-state index contributed by atoms with van der Waals surface area (Å²) in [6, 6.07) is 16.0. The van der Waals surface area contributed by atoms with Gasteiger partial charge in [-0.1, -0.05) is 30.3 Å². The number of rotatable bonds is 3. The summed E-state index contributed by atoms with van der Waals surface area (Å²) in [4.78, 5) is 21.3. The molecule has 2 saturated heterocycles. The van der Waals surface area contributed by atoms with Crippen molar-refractivity contribution in [1.29, 1.82) is 5.26 Å². The van der Waals surface area contributed by atoms with Crippen LogP contribution >= 0.6 is 24.8 Å². The molecule has 2 atom stereocenters. The zero-order chi connectivity index (χ0) is 18.6. The summed E-state index contributed by atoms with van der Waals surface area (Å²) in [6.45, 7) is 3.57. The Morgan fingerprint density at radius 1 is 1.07 bits per heavy atom. The lowest BCUT2D eigenvalue weighted by atomic mass is 9.96. The number of pyridine rings is 1. The van der Waals surface area contributed by atoms with E-state index < -0.39 is 0 Å². The molecule has 2 fully saturated rings. The molecule has 0 aliphatic carbocycles. The van der Waals surface area contributed by atoms with Crippen molar-refractivity contribution >= 4 is 36.5 Å². The molecule has 0 radical (unpaired) electrons. The maximum atomic E-state index is 12.9. The molecular formula is C21H25Cl2N5O. The molecule has 6 nitrogen and oxygen atoms in total. The molecule has 0 saturated carbocycles. The smallest absolute Gasteiger partial charge is 0.239 e. The fourth-order valence-electron chi connectivity index (χ4n) is 4.00. The number of halogens is 2. The highest BCUT2D eigenvalue weighted by atomic mass is 35.5. The molecular weight excluding hydrogens is 409 g/mol. The Hall–Kier alpha value is -2.33. The Balaban J connectivity index is 0.00000150. The maximum absolute atomic E-state index is 12.9. The summed E-state index contributed by atoms with van der Waals surface area (Å²) in [5.74, 6) is 1.30. The van der Waals surface area contributed by atoms with Crippen molar-refractivity contribution in [3.8, 4) is 6.07 Å². The number of benzene rings is 1. The third kappa shape index (κ3) is 4.99. The number of nitrogens with zero attached hydrogens (tertiary/aromatic N) is 4. The summed E-state index contributed by atoms with van der Waals surface area (Å²) in [6.07, 6.45) is 2.56. The van der Waals surface area contributed by atoms with Gasteiger partial charge >= 0.3 is 0 Å². The van der Waals surface area contributed by atoms with E-state index in [1.165, 1.54) is 5.56 Å². The average molecular weight is 434 g/mol. The number of aromatic nitrogens is 1. The van der Waals surface area contributed by atoms with Crippen LogP contribution in [0.4, 0.5) is 5.82 Å². The molecule has 1 amide bonds. The first-order valence-electron chi connectivity index (χ1n) is 9.43. The molecule has 0 bridgehead atoms. The molecule has 0 unspecified atom stereocenters. The van der Waals surface area contributed by atoms with Gasteiger partial charge in [0.15, 0.2) is 0 Å². The Bertz CT molecular complexity index is 850. The molecule has 2 aliphatic rings. The van der Waals surface area contributed by atoms with Crippen LogP contribution < -0.4 is 10.2 Å². The van der Waals surface area contributed by atoms with Crippen LogP contribution in [0, 0.1) is 11.3 Å². The van der Waals surface area contributed by atoms with Gasteiger partial charge in [-0.05, 0) is 30.0 Å². The van der Waals surface area contributed by atoms with Gasteiger partial charge < -0.3 is 15.1 Å². The fourth-order valence-corrected chi connectivity index (χ4v) is 4.00. The van der Waals surface area contributed by atoms with Gasteiger partial charge in [-0.2, -0.15) is 5.26 Å². The molecule has 4 rings (SSSR count). The molecule has 154 valence electrons. The molecule has 3 heterocycles. The van der Waals surface area contributed by atoms with Gasteiger partial charge in [0.05, 0.1) is 11.6 Å². The van der Waals surface area contributed by atoms with Crippen LogP contribution in [0.3, 0.4) is 0 Å². The van der Waals surface area contributed by atoms with Crippen molar-refractivity contribution in [3.63, 3.8) is 0 Å². The van der Waals surface area contributed by atoms with Crippen LogP contribution in [-0.2, 0) is 4.79 Å². The van der Waals surface area contributed by atoms with Crippen molar-refractivity contribution in [3.05, 3.63) is 59.8 Å². The van der Waals surface area contributed by atoms with Crippen LogP contribution in [0.15, 0.2) is 48.7 Å². The number of carbonyl (C=O) groups excluding carboxylic acids is 1. The van der Waals surface area contributed by atoms with Crippen LogP contribution in [0.5, 0.6) is 0 Å². The van der Waals surface area contributed by atoms with Gasteiger partial charge in [0.1, 0.15) is 11.9 Å². The van der Waals surface area contributed by atoms with Crippen molar-refractivity contribution in [2.75, 3.05) is 37.6 Å². The number of anilines is 1. The van der Waals surface area contributed by atoms with Crippen LogP contribution in [0.1, 0.15) is 23.5 Å². The SMILES string of the molecule is Cl.Cl.N#Cc1cccnc1N1CCN(C(=O)[C@H]2C[C@@H](c3ccccc3)CN2)CC1. The standard InChI is InChI=1S/C21H23N5O.2ClH/c22-14-17-7-4-8-23-20(17)25-9-11-26(12-10-25)21(27)19-13-18(15-24-19)16-5-2-1-3-6-16;;/h1-8,18-19,24H,9-13,15H2;2*1H/t18-,19-;;/m1../s1. The molecule has 0 spiro atoms. The summed E-state index contributed by atoms with van der Waals surface area (Å²) >= 11 is 0. The number of carbonyl (C=O) groups is 1. The number of hydrogen-bond acceptors (Lipinski definition) is 5. The van der Waals surface area contributed by atoms with Gasteiger partial charge in [-0.15, -0.1) is 24.8 Å². The lowest BCUT2D eigenvalue weighted by Gasteiger charge is -2.36. The highest BCUT2D eigenvalue weighted by Gasteiger charge is 2.34. The van der Waals surface area contributed by atoms with E-state index in [2.05, 4.69) is 45.5 Å². The lowest BCUT2D eigenvalue weighted by molar-refractivity contribution is -0.133. The zero-order valence-corrected chi connectivity index (χ0v) is 17.7. The highest BCUT2D eigenvalue weighted by Crippen LogP contribution is 2.27. The number of hydrogen-bond donors (Lipinski definition) is 1. The third-order valence-electron chi connectivity index (χ3n) is 5.50. The fraction of sp³-hybridized carbons (Fsp3) is 0.381. The first-order chi connectivity index (χ1) is 13.3. The normalized spacial score (nSPS) is 20.9. The van der Waals surface area contributed by atoms with Crippen LogP contribution in [0.25, 0.3) is 0 Å². The van der Waals surface area contributed by atoms with Gasteiger partial charge in [0.25, 0.3) is 0 Å². The second-order valence-electron chi connectivity index (χ2n) is 7.10. The largest absolute Gasteiger partial charge is 0.352 e. The number of piperazine rings is 1. The molecule has 1 N–H and O–H groups in total.